The number of unbranched alkanes of at least 4 members (excludes halogenated alkanes) is 1. The van der Waals surface area contributed by atoms with Gasteiger partial charge in [0.05, 0.1) is 6.61 Å². The number of hydrogen-bond acceptors (Lipinski definition) is 5. The Morgan fingerprint density at radius 2 is 1.90 bits per heavy atom. The highest BCUT2D eigenvalue weighted by Gasteiger charge is 2.28. The van der Waals surface area contributed by atoms with Gasteiger partial charge in [0.25, 0.3) is 0 Å². The first-order chi connectivity index (χ1) is 9.19. The largest absolute Gasteiger partial charge is 0.459 e. The van der Waals surface area contributed by atoms with E-state index in [1.54, 1.807) is 12.0 Å². The smallest absolute Gasteiger partial charge is 0.316 e. The van der Waals surface area contributed by atoms with Crippen molar-refractivity contribution in [2.45, 2.75) is 59.5 Å². The molecule has 118 valence electrons. The van der Waals surface area contributed by atoms with Crippen LogP contribution in [0.3, 0.4) is 0 Å². The Bertz CT molecular complexity index is 315. The lowest BCUT2D eigenvalue weighted by atomic mass is 10.0. The van der Waals surface area contributed by atoms with Crippen molar-refractivity contribution >= 4 is 11.8 Å². The molecule has 0 aromatic carbocycles. The second-order valence-corrected chi connectivity index (χ2v) is 5.80. The van der Waals surface area contributed by atoms with Crippen molar-refractivity contribution in [3.8, 4) is 0 Å². The fourth-order valence-electron chi connectivity index (χ4n) is 1.47. The lowest BCUT2D eigenvalue weighted by Gasteiger charge is -2.27. The van der Waals surface area contributed by atoms with Gasteiger partial charge in [0, 0.05) is 20.0 Å². The summed E-state index contributed by atoms with van der Waals surface area (Å²) in [5.74, 6) is -1.36. The summed E-state index contributed by atoms with van der Waals surface area (Å²) in [6, 6.07) is 0. The minimum absolute atomic E-state index is 0.179. The molecule has 0 saturated carbocycles. The van der Waals surface area contributed by atoms with Crippen molar-refractivity contribution < 1.29 is 19.2 Å². The van der Waals surface area contributed by atoms with E-state index in [1.165, 1.54) is 6.92 Å². The van der Waals surface area contributed by atoms with E-state index in [2.05, 4.69) is 6.92 Å². The summed E-state index contributed by atoms with van der Waals surface area (Å²) in [5.41, 5.74) is -0.633. The molecule has 0 radical (unpaired) electrons. The van der Waals surface area contributed by atoms with E-state index < -0.39 is 17.5 Å². The maximum atomic E-state index is 11.7. The number of ether oxygens (including phenoxy) is 1. The number of ketones is 1. The molecule has 0 aromatic rings. The van der Waals surface area contributed by atoms with Crippen LogP contribution in [-0.2, 0) is 19.2 Å². The van der Waals surface area contributed by atoms with Crippen molar-refractivity contribution in [2.24, 2.45) is 5.92 Å². The monoisotopic (exact) mass is 287 g/mol. The molecule has 5 nitrogen and oxygen atoms in total. The molecule has 0 aliphatic rings. The first kappa shape index (κ1) is 19.1. The van der Waals surface area contributed by atoms with E-state index >= 15 is 0 Å². The summed E-state index contributed by atoms with van der Waals surface area (Å²) in [7, 11) is 1.90. The summed E-state index contributed by atoms with van der Waals surface area (Å²) in [6.45, 7) is 10.1. The van der Waals surface area contributed by atoms with Gasteiger partial charge in [-0.15, -0.1) is 0 Å². The molecule has 0 aliphatic heterocycles. The van der Waals surface area contributed by atoms with Gasteiger partial charge in [-0.25, -0.2) is 0 Å². The first-order valence-corrected chi connectivity index (χ1v) is 7.27. The molecular weight excluding hydrogens is 258 g/mol. The molecular formula is C15H29NO4. The van der Waals surface area contributed by atoms with Gasteiger partial charge in [-0.05, 0) is 34.1 Å². The number of rotatable bonds is 10. The fourth-order valence-corrected chi connectivity index (χ4v) is 1.47. The normalized spacial score (nSPS) is 13.3. The van der Waals surface area contributed by atoms with Crippen molar-refractivity contribution in [1.29, 1.82) is 0 Å². The van der Waals surface area contributed by atoms with Crippen molar-refractivity contribution in [3.63, 3.8) is 0 Å². The van der Waals surface area contributed by atoms with Gasteiger partial charge in [0.1, 0.15) is 17.3 Å². The zero-order valence-electron chi connectivity index (χ0n) is 13.7. The van der Waals surface area contributed by atoms with Crippen LogP contribution < -0.4 is 0 Å². The average molecular weight is 287 g/mol. The maximum Gasteiger partial charge on any atom is 0.316 e. The molecule has 0 fully saturated rings. The average Bonchev–Trinajstić information content (AvgIpc) is 2.34. The highest BCUT2D eigenvalue weighted by Crippen LogP contribution is 2.17. The minimum Gasteiger partial charge on any atom is -0.459 e. The zero-order chi connectivity index (χ0) is 15.8. The number of Topliss-reactive ketones (excluding diaryl/α,β-unsaturated/α-hetero) is 1. The second kappa shape index (κ2) is 9.08. The molecule has 0 saturated heterocycles. The van der Waals surface area contributed by atoms with Gasteiger partial charge in [0.2, 0.25) is 0 Å². The number of hydroxylamine groups is 2. The Morgan fingerprint density at radius 1 is 1.30 bits per heavy atom. The molecule has 20 heavy (non-hydrogen) atoms. The summed E-state index contributed by atoms with van der Waals surface area (Å²) in [5, 5.41) is 1.81. The van der Waals surface area contributed by atoms with Crippen LogP contribution in [-0.4, -0.2) is 42.6 Å². The zero-order valence-corrected chi connectivity index (χ0v) is 13.7. The van der Waals surface area contributed by atoms with E-state index in [9.17, 15) is 9.59 Å². The van der Waals surface area contributed by atoms with Crippen molar-refractivity contribution in [2.75, 3.05) is 20.2 Å². The fraction of sp³-hybridized carbons (Fsp3) is 0.867. The molecule has 0 aromatic heterocycles. The van der Waals surface area contributed by atoms with Crippen molar-refractivity contribution in [3.05, 3.63) is 0 Å². The number of carbonyl (C=O) groups is 2. The van der Waals surface area contributed by atoms with Crippen LogP contribution in [0.5, 0.6) is 0 Å². The Hall–Kier alpha value is -0.940. The first-order valence-electron chi connectivity index (χ1n) is 7.27. The Balaban J connectivity index is 4.06. The molecule has 0 aliphatic carbocycles. The molecule has 0 heterocycles. The standard InChI is InChI=1S/C15H29NO4/c1-7-8-10-16(6)19-11-9-15(4,5)20-14(18)12(2)13(3)17/h12H,7-11H2,1-6H3. The Labute approximate surface area is 122 Å². The third-order valence-electron chi connectivity index (χ3n) is 3.18. The van der Waals surface area contributed by atoms with Crippen LogP contribution in [0.4, 0.5) is 0 Å². The third kappa shape index (κ3) is 8.27. The van der Waals surface area contributed by atoms with Gasteiger partial charge in [-0.1, -0.05) is 13.3 Å². The molecule has 5 heteroatoms. The van der Waals surface area contributed by atoms with Gasteiger partial charge in [-0.3, -0.25) is 14.4 Å². The third-order valence-corrected chi connectivity index (χ3v) is 3.18. The Morgan fingerprint density at radius 3 is 2.40 bits per heavy atom. The molecule has 1 unspecified atom stereocenters. The maximum absolute atomic E-state index is 11.7. The summed E-state index contributed by atoms with van der Waals surface area (Å²) in [6.07, 6.45) is 2.80. The number of esters is 1. The van der Waals surface area contributed by atoms with Gasteiger partial charge in [-0.2, -0.15) is 5.06 Å². The summed E-state index contributed by atoms with van der Waals surface area (Å²) in [4.78, 5) is 28.4. The van der Waals surface area contributed by atoms with Crippen LogP contribution in [0.15, 0.2) is 0 Å². The van der Waals surface area contributed by atoms with E-state index in [4.69, 9.17) is 9.57 Å². The molecule has 1 atom stereocenters. The highest BCUT2D eigenvalue weighted by molar-refractivity contribution is 5.97. The van der Waals surface area contributed by atoms with Gasteiger partial charge >= 0.3 is 5.97 Å². The highest BCUT2D eigenvalue weighted by atomic mass is 16.7. The van der Waals surface area contributed by atoms with Crippen molar-refractivity contribution in [1.82, 2.24) is 5.06 Å². The van der Waals surface area contributed by atoms with E-state index in [-0.39, 0.29) is 5.78 Å². The van der Waals surface area contributed by atoms with Crippen LogP contribution in [0.25, 0.3) is 0 Å². The van der Waals surface area contributed by atoms with Crippen LogP contribution in [0.1, 0.15) is 53.9 Å². The second-order valence-electron chi connectivity index (χ2n) is 5.80. The molecule has 0 amide bonds. The van der Waals surface area contributed by atoms with Crippen LogP contribution >= 0.6 is 0 Å². The molecule has 0 rings (SSSR count). The summed E-state index contributed by atoms with van der Waals surface area (Å²) < 4.78 is 5.37. The number of nitrogens with zero attached hydrogens (tertiary/aromatic N) is 1. The molecule has 0 bridgehead atoms. The lowest BCUT2D eigenvalue weighted by Crippen LogP contribution is -2.34. The van der Waals surface area contributed by atoms with Crippen LogP contribution in [0, 0.1) is 5.92 Å². The molecule has 0 N–H and O–H groups in total. The van der Waals surface area contributed by atoms with Gasteiger partial charge < -0.3 is 4.74 Å². The quantitative estimate of drug-likeness (QED) is 0.351. The predicted molar refractivity (Wildman–Crippen MR) is 78.1 cm³/mol. The SMILES string of the molecule is CCCCN(C)OCCC(C)(C)OC(=O)C(C)C(C)=O. The van der Waals surface area contributed by atoms with E-state index in [1.807, 2.05) is 20.9 Å². The number of carbonyl (C=O) groups excluding carboxylic acids is 2. The Kier molecular flexibility index (Phi) is 8.65. The molecule has 0 spiro atoms. The van der Waals surface area contributed by atoms with Gasteiger partial charge in [0.15, 0.2) is 0 Å². The number of hydrogen-bond donors (Lipinski definition) is 0. The topological polar surface area (TPSA) is 55.8 Å². The van der Waals surface area contributed by atoms with E-state index in [0.29, 0.717) is 13.0 Å². The summed E-state index contributed by atoms with van der Waals surface area (Å²) >= 11 is 0. The minimum atomic E-state index is -0.706. The predicted octanol–water partition coefficient (Wildman–Crippen LogP) is 2.59. The lowest BCUT2D eigenvalue weighted by molar-refractivity contribution is -0.173. The van der Waals surface area contributed by atoms with Crippen LogP contribution in [0.2, 0.25) is 0 Å². The van der Waals surface area contributed by atoms with E-state index in [0.717, 1.165) is 19.4 Å².